The predicted molar refractivity (Wildman–Crippen MR) is 102 cm³/mol. The number of amides is 1. The van der Waals surface area contributed by atoms with Crippen LogP contribution in [0.4, 0.5) is 4.39 Å². The second kappa shape index (κ2) is 10.4. The molecular weight excluding hydrogens is 395 g/mol. The fourth-order valence-corrected chi connectivity index (χ4v) is 3.65. The lowest BCUT2D eigenvalue weighted by atomic mass is 9.85. The first kappa shape index (κ1) is 21.4. The number of piperidine rings is 1. The van der Waals surface area contributed by atoms with Crippen LogP contribution in [0.25, 0.3) is 0 Å². The molecule has 3 unspecified atom stereocenters. The minimum atomic E-state index is -0.264. The quantitative estimate of drug-likeness (QED) is 0.726. The van der Waals surface area contributed by atoms with Crippen LogP contribution in [0, 0.1) is 17.7 Å². The van der Waals surface area contributed by atoms with Gasteiger partial charge in [-0.1, -0.05) is 13.0 Å². The van der Waals surface area contributed by atoms with Crippen molar-refractivity contribution in [1.82, 2.24) is 10.6 Å². The lowest BCUT2D eigenvalue weighted by Crippen LogP contribution is -2.38. The van der Waals surface area contributed by atoms with Crippen molar-refractivity contribution in [3.8, 4) is 0 Å². The maximum atomic E-state index is 13.2. The number of carbonyl (C=O) groups is 1. The standard InChI is InChI=1S/C18H26BrFN2O.ClH/c1-12(15-4-3-7-21-11-15)8-18(23)22-13(2)9-14-5-6-17(20)16(19)10-14;/h5-6,10,12-13,15,21H,3-4,7-9,11H2,1-2H3,(H,22,23);1H. The number of halogens is 3. The van der Waals surface area contributed by atoms with Crippen LogP contribution >= 0.6 is 28.3 Å². The Bertz CT molecular complexity index is 538. The second-order valence-electron chi connectivity index (χ2n) is 6.71. The fraction of sp³-hybridized carbons (Fsp3) is 0.611. The zero-order valence-electron chi connectivity index (χ0n) is 14.3. The van der Waals surface area contributed by atoms with Gasteiger partial charge in [0, 0.05) is 12.5 Å². The van der Waals surface area contributed by atoms with E-state index in [0.29, 0.717) is 29.2 Å². The average molecular weight is 422 g/mol. The van der Waals surface area contributed by atoms with Crippen molar-refractivity contribution >= 4 is 34.2 Å². The molecule has 2 rings (SSSR count). The molecule has 136 valence electrons. The largest absolute Gasteiger partial charge is 0.353 e. The molecule has 0 saturated carbocycles. The van der Waals surface area contributed by atoms with Crippen molar-refractivity contribution in [2.45, 2.75) is 45.6 Å². The van der Waals surface area contributed by atoms with E-state index in [1.807, 2.05) is 6.92 Å². The van der Waals surface area contributed by atoms with Gasteiger partial charge < -0.3 is 10.6 Å². The zero-order chi connectivity index (χ0) is 16.8. The smallest absolute Gasteiger partial charge is 0.220 e. The monoisotopic (exact) mass is 420 g/mol. The van der Waals surface area contributed by atoms with E-state index in [1.165, 1.54) is 18.9 Å². The Morgan fingerprint density at radius 1 is 1.46 bits per heavy atom. The van der Waals surface area contributed by atoms with Gasteiger partial charge in [0.15, 0.2) is 0 Å². The summed E-state index contributed by atoms with van der Waals surface area (Å²) in [6.07, 6.45) is 3.68. The summed E-state index contributed by atoms with van der Waals surface area (Å²) in [5, 5.41) is 6.47. The Hall–Kier alpha value is -0.650. The van der Waals surface area contributed by atoms with Crippen molar-refractivity contribution < 1.29 is 9.18 Å². The molecular formula is C18H27BrClFN2O. The van der Waals surface area contributed by atoms with Gasteiger partial charge in [-0.15, -0.1) is 12.4 Å². The number of rotatable bonds is 6. The summed E-state index contributed by atoms with van der Waals surface area (Å²) in [5.41, 5.74) is 1.01. The third-order valence-electron chi connectivity index (χ3n) is 4.58. The summed E-state index contributed by atoms with van der Waals surface area (Å²) >= 11 is 3.20. The molecule has 1 saturated heterocycles. The molecule has 0 aliphatic carbocycles. The Kier molecular flexibility index (Phi) is 9.24. The minimum Gasteiger partial charge on any atom is -0.353 e. The van der Waals surface area contributed by atoms with Crippen molar-refractivity contribution in [1.29, 1.82) is 0 Å². The van der Waals surface area contributed by atoms with E-state index < -0.39 is 0 Å². The Labute approximate surface area is 158 Å². The maximum Gasteiger partial charge on any atom is 0.220 e. The first-order valence-electron chi connectivity index (χ1n) is 8.39. The highest BCUT2D eigenvalue weighted by Gasteiger charge is 2.22. The third kappa shape index (κ3) is 6.69. The summed E-state index contributed by atoms with van der Waals surface area (Å²) in [4.78, 5) is 12.2. The van der Waals surface area contributed by atoms with Gasteiger partial charge in [0.2, 0.25) is 5.91 Å². The summed E-state index contributed by atoms with van der Waals surface area (Å²) in [7, 11) is 0. The highest BCUT2D eigenvalue weighted by molar-refractivity contribution is 9.10. The SMILES string of the molecule is CC(Cc1ccc(F)c(Br)c1)NC(=O)CC(C)C1CCCNC1.Cl. The molecule has 1 fully saturated rings. The van der Waals surface area contributed by atoms with Crippen LogP contribution < -0.4 is 10.6 Å². The van der Waals surface area contributed by atoms with E-state index in [4.69, 9.17) is 0 Å². The molecule has 2 N–H and O–H groups in total. The number of benzene rings is 1. The molecule has 1 aromatic rings. The van der Waals surface area contributed by atoms with E-state index >= 15 is 0 Å². The van der Waals surface area contributed by atoms with Crippen LogP contribution in [-0.4, -0.2) is 25.0 Å². The van der Waals surface area contributed by atoms with E-state index in [1.54, 1.807) is 12.1 Å². The Morgan fingerprint density at radius 3 is 2.83 bits per heavy atom. The second-order valence-corrected chi connectivity index (χ2v) is 7.56. The molecule has 1 amide bonds. The highest BCUT2D eigenvalue weighted by atomic mass is 79.9. The normalized spacial score (nSPS) is 19.9. The van der Waals surface area contributed by atoms with E-state index in [0.717, 1.165) is 18.7 Å². The number of carbonyl (C=O) groups excluding carboxylic acids is 1. The molecule has 6 heteroatoms. The van der Waals surface area contributed by atoms with Gasteiger partial charge in [0.05, 0.1) is 4.47 Å². The molecule has 0 spiro atoms. The van der Waals surface area contributed by atoms with Gasteiger partial charge >= 0.3 is 0 Å². The van der Waals surface area contributed by atoms with Crippen molar-refractivity contribution in [3.05, 3.63) is 34.1 Å². The fourth-order valence-electron chi connectivity index (χ4n) is 3.23. The van der Waals surface area contributed by atoms with Crippen molar-refractivity contribution in [2.75, 3.05) is 13.1 Å². The van der Waals surface area contributed by atoms with Gasteiger partial charge in [-0.3, -0.25) is 4.79 Å². The molecule has 0 aromatic heterocycles. The molecule has 0 bridgehead atoms. The van der Waals surface area contributed by atoms with Crippen LogP contribution in [-0.2, 0) is 11.2 Å². The van der Waals surface area contributed by atoms with Crippen LogP contribution in [0.2, 0.25) is 0 Å². The summed E-state index contributed by atoms with van der Waals surface area (Å²) < 4.78 is 13.7. The van der Waals surface area contributed by atoms with Gasteiger partial charge in [0.25, 0.3) is 0 Å². The lowest BCUT2D eigenvalue weighted by Gasteiger charge is -2.28. The molecule has 1 aliphatic rings. The predicted octanol–water partition coefficient (Wildman–Crippen LogP) is 4.08. The van der Waals surface area contributed by atoms with Gasteiger partial charge in [-0.25, -0.2) is 4.39 Å². The van der Waals surface area contributed by atoms with Gasteiger partial charge in [-0.05, 0) is 84.7 Å². The van der Waals surface area contributed by atoms with E-state index in [-0.39, 0.29) is 30.2 Å². The highest BCUT2D eigenvalue weighted by Crippen LogP contribution is 2.22. The van der Waals surface area contributed by atoms with Crippen molar-refractivity contribution in [2.24, 2.45) is 11.8 Å². The van der Waals surface area contributed by atoms with Crippen LogP contribution in [0.5, 0.6) is 0 Å². The molecule has 1 aromatic carbocycles. The molecule has 3 nitrogen and oxygen atoms in total. The van der Waals surface area contributed by atoms with E-state index in [2.05, 4.69) is 33.5 Å². The Morgan fingerprint density at radius 2 is 2.21 bits per heavy atom. The van der Waals surface area contributed by atoms with E-state index in [9.17, 15) is 9.18 Å². The van der Waals surface area contributed by atoms with Gasteiger partial charge in [-0.2, -0.15) is 0 Å². The molecule has 24 heavy (non-hydrogen) atoms. The lowest BCUT2D eigenvalue weighted by molar-refractivity contribution is -0.122. The first-order valence-corrected chi connectivity index (χ1v) is 9.19. The average Bonchev–Trinajstić information content (AvgIpc) is 2.51. The van der Waals surface area contributed by atoms with Crippen molar-refractivity contribution in [3.63, 3.8) is 0 Å². The Balaban J connectivity index is 0.00000288. The minimum absolute atomic E-state index is 0. The van der Waals surface area contributed by atoms with Gasteiger partial charge in [0.1, 0.15) is 5.82 Å². The summed E-state index contributed by atoms with van der Waals surface area (Å²) in [6, 6.07) is 5.02. The van der Waals surface area contributed by atoms with Crippen LogP contribution in [0.1, 0.15) is 38.7 Å². The number of hydrogen-bond acceptors (Lipinski definition) is 2. The molecule has 3 atom stereocenters. The number of nitrogens with one attached hydrogen (secondary N) is 2. The molecule has 1 heterocycles. The molecule has 0 radical (unpaired) electrons. The first-order chi connectivity index (χ1) is 11.0. The summed E-state index contributed by atoms with van der Waals surface area (Å²) in [6.45, 7) is 6.27. The summed E-state index contributed by atoms with van der Waals surface area (Å²) in [5.74, 6) is 0.838. The zero-order valence-corrected chi connectivity index (χ0v) is 16.7. The maximum absolute atomic E-state index is 13.2. The third-order valence-corrected chi connectivity index (χ3v) is 5.19. The topological polar surface area (TPSA) is 41.1 Å². The van der Waals surface area contributed by atoms with Crippen LogP contribution in [0.15, 0.2) is 22.7 Å². The van der Waals surface area contributed by atoms with Crippen LogP contribution in [0.3, 0.4) is 0 Å². The molecule has 1 aliphatic heterocycles. The number of hydrogen-bond donors (Lipinski definition) is 2.